The summed E-state index contributed by atoms with van der Waals surface area (Å²) in [6.07, 6.45) is 0.563. The summed E-state index contributed by atoms with van der Waals surface area (Å²) in [5.74, 6) is -0.242. The highest BCUT2D eigenvalue weighted by atomic mass is 19.1. The van der Waals surface area contributed by atoms with E-state index >= 15 is 0 Å². The zero-order valence-corrected chi connectivity index (χ0v) is 12.2. The molecule has 0 bridgehead atoms. The number of benzene rings is 1. The van der Waals surface area contributed by atoms with Crippen LogP contribution in [0.2, 0.25) is 0 Å². The van der Waals surface area contributed by atoms with Crippen LogP contribution in [0.25, 0.3) is 0 Å². The molecule has 0 fully saturated rings. The number of hydrogen-bond donors (Lipinski definition) is 1. The summed E-state index contributed by atoms with van der Waals surface area (Å²) in [5.41, 5.74) is 0.571. The number of hydrogen-bond acceptors (Lipinski definition) is 4. The second-order valence-electron chi connectivity index (χ2n) is 4.40. The Balaban J connectivity index is 2.31. The van der Waals surface area contributed by atoms with E-state index in [2.05, 4.69) is 5.32 Å². The fourth-order valence-electron chi connectivity index (χ4n) is 1.84. The van der Waals surface area contributed by atoms with E-state index in [1.54, 1.807) is 19.2 Å². The Morgan fingerprint density at radius 3 is 2.65 bits per heavy atom. The lowest BCUT2D eigenvalue weighted by Crippen LogP contribution is -2.22. The number of halogens is 1. The van der Waals surface area contributed by atoms with E-state index in [0.717, 1.165) is 6.42 Å². The van der Waals surface area contributed by atoms with Crippen LogP contribution in [0, 0.1) is 5.82 Å². The van der Waals surface area contributed by atoms with Crippen molar-refractivity contribution in [3.05, 3.63) is 35.6 Å². The Kier molecular flexibility index (Phi) is 9.15. The molecule has 0 heterocycles. The molecule has 0 saturated carbocycles. The maximum absolute atomic E-state index is 13.7. The molecule has 0 radical (unpaired) electrons. The van der Waals surface area contributed by atoms with E-state index in [-0.39, 0.29) is 11.9 Å². The topological polar surface area (TPSA) is 39.7 Å². The van der Waals surface area contributed by atoms with Gasteiger partial charge in [0.1, 0.15) is 5.82 Å². The molecule has 20 heavy (non-hydrogen) atoms. The maximum atomic E-state index is 13.7. The quantitative estimate of drug-likeness (QED) is 0.632. The van der Waals surface area contributed by atoms with Crippen LogP contribution >= 0.6 is 0 Å². The molecule has 0 aliphatic carbocycles. The van der Waals surface area contributed by atoms with Crippen LogP contribution in [0.15, 0.2) is 24.3 Å². The third-order valence-electron chi connectivity index (χ3n) is 2.83. The van der Waals surface area contributed by atoms with Crippen molar-refractivity contribution in [3.63, 3.8) is 0 Å². The van der Waals surface area contributed by atoms with E-state index < -0.39 is 0 Å². The molecule has 0 saturated heterocycles. The van der Waals surface area contributed by atoms with E-state index in [9.17, 15) is 4.39 Å². The van der Waals surface area contributed by atoms with Gasteiger partial charge in [-0.25, -0.2) is 4.39 Å². The number of nitrogens with one attached hydrogen (secondary N) is 1. The molecule has 1 unspecified atom stereocenters. The average Bonchev–Trinajstić information content (AvgIpc) is 2.46. The van der Waals surface area contributed by atoms with Crippen LogP contribution < -0.4 is 5.32 Å². The Bertz CT molecular complexity index is 363. The zero-order chi connectivity index (χ0) is 14.6. The van der Waals surface area contributed by atoms with Gasteiger partial charge in [0.05, 0.1) is 19.3 Å². The van der Waals surface area contributed by atoms with Crippen LogP contribution in [0.1, 0.15) is 18.1 Å². The standard InChI is InChI=1S/C15H24FNO3/c1-17-12-15(13-6-3-4-7-14(13)16)20-11-10-19-9-5-8-18-2/h3-4,6-7,15,17H,5,8-12H2,1-2H3. The fraction of sp³-hybridized carbons (Fsp3) is 0.600. The molecule has 0 aliphatic heterocycles. The van der Waals surface area contributed by atoms with Crippen molar-refractivity contribution in [2.45, 2.75) is 12.5 Å². The predicted octanol–water partition coefficient (Wildman–Crippen LogP) is 2.16. The zero-order valence-electron chi connectivity index (χ0n) is 12.2. The molecule has 1 rings (SSSR count). The van der Waals surface area contributed by atoms with Crippen LogP contribution in [-0.2, 0) is 14.2 Å². The van der Waals surface area contributed by atoms with Gasteiger partial charge in [-0.15, -0.1) is 0 Å². The first kappa shape index (κ1) is 17.0. The van der Waals surface area contributed by atoms with Crippen LogP contribution in [0.3, 0.4) is 0 Å². The van der Waals surface area contributed by atoms with E-state index in [1.165, 1.54) is 6.07 Å². The summed E-state index contributed by atoms with van der Waals surface area (Å²) in [4.78, 5) is 0. The molecule has 1 aromatic rings. The smallest absolute Gasteiger partial charge is 0.129 e. The minimum Gasteiger partial charge on any atom is -0.385 e. The van der Waals surface area contributed by atoms with Gasteiger partial charge in [-0.3, -0.25) is 0 Å². The molecule has 1 aromatic carbocycles. The molecule has 114 valence electrons. The van der Waals surface area contributed by atoms with Crippen molar-refractivity contribution in [1.29, 1.82) is 0 Å². The highest BCUT2D eigenvalue weighted by Crippen LogP contribution is 2.19. The molecule has 5 heteroatoms. The van der Waals surface area contributed by atoms with E-state index in [0.29, 0.717) is 38.5 Å². The summed E-state index contributed by atoms with van der Waals surface area (Å²) < 4.78 is 29.8. The Morgan fingerprint density at radius 1 is 1.15 bits per heavy atom. The minimum atomic E-state index is -0.302. The highest BCUT2D eigenvalue weighted by Gasteiger charge is 2.14. The summed E-state index contributed by atoms with van der Waals surface area (Å²) in [5, 5.41) is 3.01. The third-order valence-corrected chi connectivity index (χ3v) is 2.83. The van der Waals surface area contributed by atoms with Gasteiger partial charge in [0.15, 0.2) is 0 Å². The van der Waals surface area contributed by atoms with E-state index in [4.69, 9.17) is 14.2 Å². The second-order valence-corrected chi connectivity index (χ2v) is 4.40. The Labute approximate surface area is 120 Å². The number of likely N-dealkylation sites (N-methyl/N-ethyl adjacent to an activating group) is 1. The van der Waals surface area contributed by atoms with Crippen molar-refractivity contribution in [2.75, 3.05) is 47.1 Å². The molecule has 4 nitrogen and oxygen atoms in total. The Hall–Kier alpha value is -1.01. The molecular formula is C15H24FNO3. The predicted molar refractivity (Wildman–Crippen MR) is 76.3 cm³/mol. The van der Waals surface area contributed by atoms with Gasteiger partial charge < -0.3 is 19.5 Å². The number of methoxy groups -OCH3 is 1. The van der Waals surface area contributed by atoms with Gasteiger partial charge in [0.2, 0.25) is 0 Å². The van der Waals surface area contributed by atoms with Crippen molar-refractivity contribution in [1.82, 2.24) is 5.32 Å². The van der Waals surface area contributed by atoms with E-state index in [1.807, 2.05) is 13.1 Å². The summed E-state index contributed by atoms with van der Waals surface area (Å²) in [6, 6.07) is 6.68. The van der Waals surface area contributed by atoms with Crippen LogP contribution in [0.4, 0.5) is 4.39 Å². The van der Waals surface area contributed by atoms with Gasteiger partial charge in [-0.2, -0.15) is 0 Å². The third kappa shape index (κ3) is 6.43. The lowest BCUT2D eigenvalue weighted by Gasteiger charge is -2.18. The molecule has 0 aromatic heterocycles. The summed E-state index contributed by atoms with van der Waals surface area (Å²) in [6.45, 7) is 2.84. The molecule has 1 atom stereocenters. The highest BCUT2D eigenvalue weighted by molar-refractivity contribution is 5.20. The lowest BCUT2D eigenvalue weighted by atomic mass is 10.1. The first-order chi connectivity index (χ1) is 9.79. The van der Waals surface area contributed by atoms with Crippen molar-refractivity contribution in [3.8, 4) is 0 Å². The summed E-state index contributed by atoms with van der Waals surface area (Å²) in [7, 11) is 3.48. The van der Waals surface area contributed by atoms with Gasteiger partial charge in [-0.1, -0.05) is 18.2 Å². The molecular weight excluding hydrogens is 261 g/mol. The molecule has 0 amide bonds. The number of rotatable bonds is 11. The number of ether oxygens (including phenoxy) is 3. The van der Waals surface area contributed by atoms with Gasteiger partial charge in [0, 0.05) is 32.4 Å². The first-order valence-corrected chi connectivity index (χ1v) is 6.87. The summed E-state index contributed by atoms with van der Waals surface area (Å²) >= 11 is 0. The van der Waals surface area contributed by atoms with Gasteiger partial charge in [-0.05, 0) is 19.5 Å². The lowest BCUT2D eigenvalue weighted by molar-refractivity contribution is 0.000158. The van der Waals surface area contributed by atoms with Crippen molar-refractivity contribution in [2.24, 2.45) is 0 Å². The van der Waals surface area contributed by atoms with Crippen LogP contribution in [-0.4, -0.2) is 47.1 Å². The SMILES string of the molecule is CNCC(OCCOCCCOC)c1ccccc1F. The van der Waals surface area contributed by atoms with Crippen molar-refractivity contribution >= 4 is 0 Å². The largest absolute Gasteiger partial charge is 0.385 e. The normalized spacial score (nSPS) is 12.6. The molecule has 0 spiro atoms. The second kappa shape index (κ2) is 10.7. The molecule has 0 aliphatic rings. The minimum absolute atomic E-state index is 0.242. The van der Waals surface area contributed by atoms with Gasteiger partial charge >= 0.3 is 0 Å². The monoisotopic (exact) mass is 285 g/mol. The van der Waals surface area contributed by atoms with Crippen molar-refractivity contribution < 1.29 is 18.6 Å². The maximum Gasteiger partial charge on any atom is 0.129 e. The first-order valence-electron chi connectivity index (χ1n) is 6.87. The molecule has 1 N–H and O–H groups in total. The Morgan fingerprint density at radius 2 is 1.95 bits per heavy atom. The average molecular weight is 285 g/mol. The van der Waals surface area contributed by atoms with Gasteiger partial charge in [0.25, 0.3) is 0 Å². The fourth-order valence-corrected chi connectivity index (χ4v) is 1.84. The van der Waals surface area contributed by atoms with Crippen LogP contribution in [0.5, 0.6) is 0 Å².